The van der Waals surface area contributed by atoms with E-state index in [-0.39, 0.29) is 21.8 Å². The maximum Gasteiger partial charge on any atom is 0.336 e. The summed E-state index contributed by atoms with van der Waals surface area (Å²) in [4.78, 5) is 25.7. The molecule has 0 radical (unpaired) electrons. The van der Waals surface area contributed by atoms with Crippen molar-refractivity contribution in [2.45, 2.75) is 36.1 Å². The SMILES string of the molecule is Cc1cccc(S(=O)(=O)c2nc3[nH]ccc3nc2NNC(=O)N2CCCCC2)c1. The fraction of sp³-hybridized carbons (Fsp3) is 0.316. The summed E-state index contributed by atoms with van der Waals surface area (Å²) >= 11 is 0. The van der Waals surface area contributed by atoms with Crippen molar-refractivity contribution < 1.29 is 13.2 Å². The van der Waals surface area contributed by atoms with Gasteiger partial charge in [0.25, 0.3) is 0 Å². The summed E-state index contributed by atoms with van der Waals surface area (Å²) in [5, 5.41) is -0.253. The van der Waals surface area contributed by atoms with Gasteiger partial charge in [0, 0.05) is 19.3 Å². The number of hydrogen-bond donors (Lipinski definition) is 3. The number of rotatable bonds is 4. The van der Waals surface area contributed by atoms with Crippen LogP contribution in [0.1, 0.15) is 24.8 Å². The molecular weight excluding hydrogens is 392 g/mol. The van der Waals surface area contributed by atoms with Gasteiger partial charge in [0.05, 0.1) is 4.90 Å². The van der Waals surface area contributed by atoms with Crippen molar-refractivity contribution in [3.63, 3.8) is 0 Å². The lowest BCUT2D eigenvalue weighted by Gasteiger charge is -2.27. The molecule has 0 atom stereocenters. The van der Waals surface area contributed by atoms with Crippen LogP contribution in [0.15, 0.2) is 46.5 Å². The number of hydrazine groups is 1. The first-order valence-corrected chi connectivity index (χ1v) is 10.9. The number of amides is 2. The number of piperidine rings is 1. The maximum atomic E-state index is 13.2. The Kier molecular flexibility index (Phi) is 5.10. The minimum absolute atomic E-state index is 0.0241. The standard InChI is InChI=1S/C19H22N6O3S/c1-13-6-5-7-14(12-13)29(27,28)18-17(21-15-8-9-20-16(15)22-18)23-24-19(26)25-10-3-2-4-11-25/h5-9,12H,2-4,10-11H2,1H3,(H,20,22)(H,21,23)(H,24,26). The fourth-order valence-electron chi connectivity index (χ4n) is 3.31. The number of nitrogens with zero attached hydrogens (tertiary/aromatic N) is 3. The van der Waals surface area contributed by atoms with Gasteiger partial charge in [0.2, 0.25) is 14.9 Å². The zero-order valence-corrected chi connectivity index (χ0v) is 16.8. The van der Waals surface area contributed by atoms with Gasteiger partial charge in [-0.2, -0.15) is 0 Å². The molecule has 0 spiro atoms. The largest absolute Gasteiger partial charge is 0.345 e. The summed E-state index contributed by atoms with van der Waals surface area (Å²) in [6, 6.07) is 7.94. The van der Waals surface area contributed by atoms with Crippen LogP contribution in [-0.4, -0.2) is 47.4 Å². The highest BCUT2D eigenvalue weighted by molar-refractivity contribution is 7.91. The second-order valence-corrected chi connectivity index (χ2v) is 8.88. The first-order chi connectivity index (χ1) is 13.9. The number of carbonyl (C=O) groups is 1. The number of fused-ring (bicyclic) bond motifs is 1. The van der Waals surface area contributed by atoms with E-state index in [1.807, 2.05) is 13.0 Å². The van der Waals surface area contributed by atoms with Crippen molar-refractivity contribution >= 4 is 32.9 Å². The molecule has 3 aromatic rings. The molecule has 0 unspecified atom stereocenters. The summed E-state index contributed by atoms with van der Waals surface area (Å²) in [6.45, 7) is 3.16. The molecule has 152 valence electrons. The molecular formula is C19H22N6O3S. The van der Waals surface area contributed by atoms with E-state index in [1.54, 1.807) is 29.3 Å². The lowest BCUT2D eigenvalue weighted by atomic mass is 10.1. The van der Waals surface area contributed by atoms with Crippen LogP contribution in [0.3, 0.4) is 0 Å². The number of anilines is 1. The highest BCUT2D eigenvalue weighted by Gasteiger charge is 2.26. The van der Waals surface area contributed by atoms with Crippen molar-refractivity contribution in [2.75, 3.05) is 18.5 Å². The summed E-state index contributed by atoms with van der Waals surface area (Å²) in [5.74, 6) is -0.0241. The first kappa shape index (κ1) is 19.2. The lowest BCUT2D eigenvalue weighted by molar-refractivity contribution is 0.188. The van der Waals surface area contributed by atoms with Crippen molar-refractivity contribution in [2.24, 2.45) is 0 Å². The Hall–Kier alpha value is -3.14. The average Bonchev–Trinajstić information content (AvgIpc) is 3.19. The maximum absolute atomic E-state index is 13.2. The smallest absolute Gasteiger partial charge is 0.336 e. The van der Waals surface area contributed by atoms with Crippen molar-refractivity contribution in [3.8, 4) is 0 Å². The monoisotopic (exact) mass is 414 g/mol. The van der Waals surface area contributed by atoms with Crippen molar-refractivity contribution in [1.82, 2.24) is 25.3 Å². The van der Waals surface area contributed by atoms with Crippen LogP contribution in [0.25, 0.3) is 11.2 Å². The zero-order chi connectivity index (χ0) is 20.4. The molecule has 9 nitrogen and oxygen atoms in total. The number of aromatic amines is 1. The van der Waals surface area contributed by atoms with Crippen molar-refractivity contribution in [1.29, 1.82) is 0 Å². The third-order valence-corrected chi connectivity index (χ3v) is 6.51. The Balaban J connectivity index is 1.68. The normalized spacial score (nSPS) is 14.7. The van der Waals surface area contributed by atoms with Crippen LogP contribution < -0.4 is 10.9 Å². The topological polar surface area (TPSA) is 120 Å². The van der Waals surface area contributed by atoms with E-state index in [4.69, 9.17) is 0 Å². The van der Waals surface area contributed by atoms with Gasteiger partial charge < -0.3 is 9.88 Å². The molecule has 10 heteroatoms. The lowest BCUT2D eigenvalue weighted by Crippen LogP contribution is -2.45. The Morgan fingerprint density at radius 3 is 2.69 bits per heavy atom. The number of aromatic nitrogens is 3. The Labute approximate surface area is 168 Å². The highest BCUT2D eigenvalue weighted by Crippen LogP contribution is 2.27. The number of urea groups is 1. The van der Waals surface area contributed by atoms with Crippen LogP contribution in [0.2, 0.25) is 0 Å². The number of benzene rings is 1. The van der Waals surface area contributed by atoms with Crippen molar-refractivity contribution in [3.05, 3.63) is 42.1 Å². The molecule has 1 fully saturated rings. The molecule has 1 aliphatic heterocycles. The van der Waals surface area contributed by atoms with Crippen LogP contribution in [0, 0.1) is 6.92 Å². The quantitative estimate of drug-likeness (QED) is 0.565. The van der Waals surface area contributed by atoms with E-state index >= 15 is 0 Å². The molecule has 0 aliphatic carbocycles. The third-order valence-electron chi connectivity index (χ3n) is 4.84. The molecule has 3 heterocycles. The van der Waals surface area contributed by atoms with E-state index in [0.29, 0.717) is 24.3 Å². The second kappa shape index (κ2) is 7.70. The summed E-state index contributed by atoms with van der Waals surface area (Å²) < 4.78 is 26.5. The Morgan fingerprint density at radius 1 is 1.14 bits per heavy atom. The van der Waals surface area contributed by atoms with Gasteiger partial charge >= 0.3 is 6.03 Å². The molecule has 4 rings (SSSR count). The van der Waals surface area contributed by atoms with Gasteiger partial charge in [-0.05, 0) is 49.9 Å². The van der Waals surface area contributed by atoms with Gasteiger partial charge in [-0.15, -0.1) is 0 Å². The van der Waals surface area contributed by atoms with Gasteiger partial charge in [-0.3, -0.25) is 10.9 Å². The van der Waals surface area contributed by atoms with Gasteiger partial charge in [0.15, 0.2) is 11.5 Å². The summed E-state index contributed by atoms with van der Waals surface area (Å²) in [6.07, 6.45) is 4.64. The molecule has 2 aromatic heterocycles. The Morgan fingerprint density at radius 2 is 1.93 bits per heavy atom. The number of nitrogens with one attached hydrogen (secondary N) is 3. The molecule has 0 bridgehead atoms. The predicted molar refractivity (Wildman–Crippen MR) is 108 cm³/mol. The van der Waals surface area contributed by atoms with E-state index in [0.717, 1.165) is 24.8 Å². The molecule has 2 amide bonds. The van der Waals surface area contributed by atoms with Gasteiger partial charge in [0.1, 0.15) is 5.52 Å². The van der Waals surface area contributed by atoms with Crippen LogP contribution >= 0.6 is 0 Å². The van der Waals surface area contributed by atoms with Crippen LogP contribution in [0.5, 0.6) is 0 Å². The van der Waals surface area contributed by atoms with Crippen LogP contribution in [0.4, 0.5) is 10.6 Å². The molecule has 29 heavy (non-hydrogen) atoms. The summed E-state index contributed by atoms with van der Waals surface area (Å²) in [5.41, 5.74) is 6.89. The minimum Gasteiger partial charge on any atom is -0.345 e. The Bertz CT molecular complexity index is 1150. The van der Waals surface area contributed by atoms with E-state index in [2.05, 4.69) is 25.8 Å². The molecule has 3 N–H and O–H groups in total. The predicted octanol–water partition coefficient (Wildman–Crippen LogP) is 2.62. The average molecular weight is 414 g/mol. The first-order valence-electron chi connectivity index (χ1n) is 9.43. The number of aryl methyl sites for hydroxylation is 1. The number of hydrogen-bond acceptors (Lipinski definition) is 6. The number of likely N-dealkylation sites (tertiary alicyclic amines) is 1. The second-order valence-electron chi connectivity index (χ2n) is 7.01. The van der Waals surface area contributed by atoms with Gasteiger partial charge in [-0.25, -0.2) is 23.2 Å². The molecule has 0 saturated carbocycles. The number of carbonyl (C=O) groups excluding carboxylic acids is 1. The number of sulfone groups is 1. The van der Waals surface area contributed by atoms with Gasteiger partial charge in [-0.1, -0.05) is 12.1 Å². The van der Waals surface area contributed by atoms with E-state index < -0.39 is 9.84 Å². The highest BCUT2D eigenvalue weighted by atomic mass is 32.2. The summed E-state index contributed by atoms with van der Waals surface area (Å²) in [7, 11) is -3.96. The molecule has 1 aromatic carbocycles. The van der Waals surface area contributed by atoms with E-state index in [1.165, 1.54) is 6.07 Å². The number of H-pyrrole nitrogens is 1. The molecule has 1 saturated heterocycles. The molecule has 1 aliphatic rings. The zero-order valence-electron chi connectivity index (χ0n) is 16.0. The van der Waals surface area contributed by atoms with E-state index in [9.17, 15) is 13.2 Å². The fourth-order valence-corrected chi connectivity index (χ4v) is 4.69. The third kappa shape index (κ3) is 3.88. The minimum atomic E-state index is -3.96. The van der Waals surface area contributed by atoms with Crippen LogP contribution in [-0.2, 0) is 9.84 Å².